The van der Waals surface area contributed by atoms with E-state index >= 15 is 0 Å². The van der Waals surface area contributed by atoms with Crippen LogP contribution in [0.1, 0.15) is 41.4 Å². The normalized spacial score (nSPS) is 11.1. The summed E-state index contributed by atoms with van der Waals surface area (Å²) in [4.78, 5) is 14.4. The zero-order valence-electron chi connectivity index (χ0n) is 21.3. The van der Waals surface area contributed by atoms with Crippen LogP contribution in [-0.4, -0.2) is 26.0 Å². The van der Waals surface area contributed by atoms with Gasteiger partial charge in [-0.15, -0.1) is 10.2 Å². The second-order valence-corrected chi connectivity index (χ2v) is 10.4. The lowest BCUT2D eigenvalue weighted by atomic mass is 10.1. The van der Waals surface area contributed by atoms with E-state index in [-0.39, 0.29) is 10.9 Å². The van der Waals surface area contributed by atoms with Gasteiger partial charge in [-0.1, -0.05) is 48.7 Å². The Hall–Kier alpha value is -3.72. The van der Waals surface area contributed by atoms with Crippen LogP contribution in [0, 0.1) is 6.92 Å². The van der Waals surface area contributed by atoms with E-state index in [1.54, 1.807) is 35.1 Å². The molecule has 39 heavy (non-hydrogen) atoms. The first-order valence-electron chi connectivity index (χ1n) is 12.5. The number of carbonyl (C=O) groups excluding carboxylic acids is 1. The van der Waals surface area contributed by atoms with Gasteiger partial charge in [0.2, 0.25) is 0 Å². The number of carbonyl (C=O) groups is 1. The van der Waals surface area contributed by atoms with E-state index in [1.165, 1.54) is 18.4 Å². The molecule has 0 aliphatic carbocycles. The number of anilines is 1. The number of aromatic nitrogens is 3. The Morgan fingerprint density at radius 2 is 1.74 bits per heavy atom. The van der Waals surface area contributed by atoms with Crippen molar-refractivity contribution in [2.75, 3.05) is 5.32 Å². The minimum absolute atomic E-state index is 0.0935. The minimum Gasteiger partial charge on any atom is -0.451 e. The molecule has 0 spiro atoms. The van der Waals surface area contributed by atoms with Gasteiger partial charge in [0.15, 0.2) is 10.9 Å². The summed E-state index contributed by atoms with van der Waals surface area (Å²) >= 11 is 17.6. The number of aryl methyl sites for hydroxylation is 2. The average molecular weight is 579 g/mol. The molecule has 0 radical (unpaired) electrons. The summed E-state index contributed by atoms with van der Waals surface area (Å²) in [6.07, 6.45) is 3.40. The fraction of sp³-hybridized carbons (Fsp3) is 0.172. The number of hydrogen-bond acceptors (Lipinski definition) is 5. The Bertz CT molecular complexity index is 1680. The number of halogens is 2. The van der Waals surface area contributed by atoms with E-state index in [4.69, 9.17) is 39.8 Å². The van der Waals surface area contributed by atoms with E-state index in [2.05, 4.69) is 39.9 Å². The maximum Gasteiger partial charge on any atom is 0.293 e. The SMILES string of the molecule is CCCCc1ccc(-n2nc3cc(C)c(NC(=S)NC(=O)c4ccc(-c5ccc(Cl)cc5Cl)o4)cc3n2)cc1. The summed E-state index contributed by atoms with van der Waals surface area (Å²) in [7, 11) is 0. The molecule has 5 rings (SSSR count). The van der Waals surface area contributed by atoms with Crippen LogP contribution in [0.4, 0.5) is 5.69 Å². The van der Waals surface area contributed by atoms with Crippen LogP contribution < -0.4 is 10.6 Å². The van der Waals surface area contributed by atoms with Crippen molar-refractivity contribution in [3.8, 4) is 17.0 Å². The van der Waals surface area contributed by atoms with E-state index in [0.29, 0.717) is 32.6 Å². The molecule has 2 heterocycles. The summed E-state index contributed by atoms with van der Waals surface area (Å²) in [5, 5.41) is 16.1. The van der Waals surface area contributed by atoms with E-state index in [0.717, 1.165) is 23.2 Å². The largest absolute Gasteiger partial charge is 0.451 e. The number of unbranched alkanes of at least 4 members (excludes halogenated alkanes) is 1. The summed E-state index contributed by atoms with van der Waals surface area (Å²) in [6, 6.07) is 20.3. The molecule has 198 valence electrons. The van der Waals surface area contributed by atoms with Gasteiger partial charge in [-0.3, -0.25) is 10.1 Å². The first kappa shape index (κ1) is 26.9. The molecular weight excluding hydrogens is 553 g/mol. The monoisotopic (exact) mass is 577 g/mol. The standard InChI is InChI=1S/C29H25Cl2N5O2S/c1-3-4-5-18-6-9-20(10-7-18)36-34-24-14-17(2)23(16-25(24)35-36)32-29(39)33-28(37)27-13-12-26(38-27)21-11-8-19(30)15-22(21)31/h6-16H,3-5H2,1-2H3,(H2,32,33,37,39). The molecule has 0 atom stereocenters. The summed E-state index contributed by atoms with van der Waals surface area (Å²) in [6.45, 7) is 4.12. The van der Waals surface area contributed by atoms with Crippen molar-refractivity contribution in [1.82, 2.24) is 20.3 Å². The lowest BCUT2D eigenvalue weighted by molar-refractivity contribution is 0.0951. The molecular formula is C29H25Cl2N5O2S. The third kappa shape index (κ3) is 6.14. The highest BCUT2D eigenvalue weighted by Gasteiger charge is 2.16. The van der Waals surface area contributed by atoms with Gasteiger partial charge in [0.1, 0.15) is 16.8 Å². The van der Waals surface area contributed by atoms with Crippen molar-refractivity contribution >= 4 is 63.2 Å². The third-order valence-electron chi connectivity index (χ3n) is 6.21. The lowest BCUT2D eigenvalue weighted by Crippen LogP contribution is -2.34. The molecule has 5 aromatic rings. The highest BCUT2D eigenvalue weighted by molar-refractivity contribution is 7.80. The highest BCUT2D eigenvalue weighted by Crippen LogP contribution is 2.31. The van der Waals surface area contributed by atoms with Gasteiger partial charge in [0, 0.05) is 16.3 Å². The van der Waals surface area contributed by atoms with E-state index in [9.17, 15) is 4.79 Å². The van der Waals surface area contributed by atoms with Crippen molar-refractivity contribution < 1.29 is 9.21 Å². The van der Waals surface area contributed by atoms with Crippen LogP contribution in [0.15, 0.2) is 71.1 Å². The van der Waals surface area contributed by atoms with Crippen molar-refractivity contribution in [3.63, 3.8) is 0 Å². The molecule has 0 fully saturated rings. The first-order chi connectivity index (χ1) is 18.8. The Morgan fingerprint density at radius 1 is 1.00 bits per heavy atom. The molecule has 0 aliphatic rings. The number of amides is 1. The van der Waals surface area contributed by atoms with Crippen LogP contribution in [0.3, 0.4) is 0 Å². The maximum atomic E-state index is 12.8. The van der Waals surface area contributed by atoms with Gasteiger partial charge < -0.3 is 9.73 Å². The third-order valence-corrected chi connectivity index (χ3v) is 6.97. The summed E-state index contributed by atoms with van der Waals surface area (Å²) < 4.78 is 5.71. The zero-order valence-corrected chi connectivity index (χ0v) is 23.6. The smallest absolute Gasteiger partial charge is 0.293 e. The molecule has 10 heteroatoms. The number of hydrogen-bond donors (Lipinski definition) is 2. The molecule has 2 aromatic heterocycles. The number of furan rings is 1. The predicted octanol–water partition coefficient (Wildman–Crippen LogP) is 7.77. The number of nitrogens with zero attached hydrogens (tertiary/aromatic N) is 3. The minimum atomic E-state index is -0.490. The highest BCUT2D eigenvalue weighted by atomic mass is 35.5. The number of thiocarbonyl (C=S) groups is 1. The Kier molecular flexibility index (Phi) is 7.97. The molecule has 7 nitrogen and oxygen atoms in total. The fourth-order valence-electron chi connectivity index (χ4n) is 4.11. The Morgan fingerprint density at radius 3 is 2.46 bits per heavy atom. The van der Waals surface area contributed by atoms with Crippen LogP contribution in [0.25, 0.3) is 28.0 Å². The molecule has 0 bridgehead atoms. The van der Waals surface area contributed by atoms with Crippen LogP contribution >= 0.6 is 35.4 Å². The molecule has 0 aliphatic heterocycles. The molecule has 0 saturated carbocycles. The van der Waals surface area contributed by atoms with Crippen LogP contribution in [0.5, 0.6) is 0 Å². The molecule has 1 amide bonds. The van der Waals surface area contributed by atoms with Gasteiger partial charge in [-0.25, -0.2) is 0 Å². The second kappa shape index (κ2) is 11.6. The van der Waals surface area contributed by atoms with Gasteiger partial charge in [0.05, 0.1) is 10.7 Å². The van der Waals surface area contributed by atoms with E-state index < -0.39 is 5.91 Å². The fourth-order valence-corrected chi connectivity index (χ4v) is 4.81. The average Bonchev–Trinajstić information content (AvgIpc) is 3.55. The quantitative estimate of drug-likeness (QED) is 0.192. The van der Waals surface area contributed by atoms with Crippen LogP contribution in [-0.2, 0) is 6.42 Å². The number of benzene rings is 3. The predicted molar refractivity (Wildman–Crippen MR) is 160 cm³/mol. The van der Waals surface area contributed by atoms with Crippen molar-refractivity contribution in [1.29, 1.82) is 0 Å². The second-order valence-electron chi connectivity index (χ2n) is 9.11. The maximum absolute atomic E-state index is 12.8. The molecule has 0 saturated heterocycles. The molecule has 0 unspecified atom stereocenters. The van der Waals surface area contributed by atoms with Gasteiger partial charge in [-0.05, 0) is 97.7 Å². The van der Waals surface area contributed by atoms with Crippen molar-refractivity contribution in [2.45, 2.75) is 33.1 Å². The Balaban J connectivity index is 1.27. The van der Waals surface area contributed by atoms with Crippen molar-refractivity contribution in [3.05, 3.63) is 93.7 Å². The van der Waals surface area contributed by atoms with Gasteiger partial charge >= 0.3 is 0 Å². The summed E-state index contributed by atoms with van der Waals surface area (Å²) in [5.41, 5.74) is 5.88. The number of rotatable bonds is 7. The molecule has 3 aromatic carbocycles. The van der Waals surface area contributed by atoms with E-state index in [1.807, 2.05) is 31.2 Å². The first-order valence-corrected chi connectivity index (χ1v) is 13.6. The summed E-state index contributed by atoms with van der Waals surface area (Å²) in [5.74, 6) is 0.0487. The number of fused-ring (bicyclic) bond motifs is 1. The zero-order chi connectivity index (χ0) is 27.5. The van der Waals surface area contributed by atoms with Crippen LogP contribution in [0.2, 0.25) is 10.0 Å². The van der Waals surface area contributed by atoms with Gasteiger partial charge in [-0.2, -0.15) is 4.80 Å². The Labute approximate surface area is 241 Å². The number of nitrogens with one attached hydrogen (secondary N) is 2. The van der Waals surface area contributed by atoms with Gasteiger partial charge in [0.25, 0.3) is 5.91 Å². The van der Waals surface area contributed by atoms with Crippen molar-refractivity contribution in [2.24, 2.45) is 0 Å². The molecule has 2 N–H and O–H groups in total. The lowest BCUT2D eigenvalue weighted by Gasteiger charge is -2.11. The topological polar surface area (TPSA) is 85.0 Å².